The second-order valence-corrected chi connectivity index (χ2v) is 5.86. The number of benzene rings is 1. The molecular weight excluding hydrogens is 325 g/mol. The number of hydrogen-bond donors (Lipinski definition) is 2. The highest BCUT2D eigenvalue weighted by Crippen LogP contribution is 2.19. The largest absolute Gasteiger partial charge is 0.369 e. The Morgan fingerprint density at radius 1 is 1.32 bits per heavy atom. The van der Waals surface area contributed by atoms with Crippen LogP contribution in [0.1, 0.15) is 49.9 Å². The van der Waals surface area contributed by atoms with E-state index in [0.29, 0.717) is 24.6 Å². The van der Waals surface area contributed by atoms with Crippen LogP contribution in [0.25, 0.3) is 0 Å². The van der Waals surface area contributed by atoms with E-state index in [9.17, 15) is 14.0 Å². The van der Waals surface area contributed by atoms with Crippen molar-refractivity contribution in [2.24, 2.45) is 5.73 Å². The lowest BCUT2D eigenvalue weighted by Gasteiger charge is -2.17. The van der Waals surface area contributed by atoms with Crippen molar-refractivity contribution >= 4 is 11.8 Å². The van der Waals surface area contributed by atoms with E-state index in [1.165, 1.54) is 19.1 Å². The first-order valence-corrected chi connectivity index (χ1v) is 8.12. The fraction of sp³-hybridized carbons (Fsp3) is 0.412. The Bertz CT molecular complexity index is 742. The van der Waals surface area contributed by atoms with Crippen LogP contribution < -0.4 is 11.1 Å². The molecule has 0 aliphatic heterocycles. The molecule has 0 radical (unpaired) electrons. The van der Waals surface area contributed by atoms with Crippen molar-refractivity contribution in [3.63, 3.8) is 0 Å². The van der Waals surface area contributed by atoms with Crippen LogP contribution in [0.5, 0.6) is 0 Å². The summed E-state index contributed by atoms with van der Waals surface area (Å²) in [5.41, 5.74) is 6.06. The molecule has 0 spiro atoms. The maximum Gasteiger partial charge on any atom is 0.225 e. The van der Waals surface area contributed by atoms with Gasteiger partial charge in [-0.3, -0.25) is 9.59 Å². The molecule has 2 aromatic rings. The average Bonchev–Trinajstić information content (AvgIpc) is 2.90. The second-order valence-electron chi connectivity index (χ2n) is 5.86. The Morgan fingerprint density at radius 3 is 2.56 bits per heavy atom. The number of halogens is 1. The third kappa shape index (κ3) is 5.37. The van der Waals surface area contributed by atoms with Crippen LogP contribution in [0.15, 0.2) is 24.3 Å². The highest BCUT2D eigenvalue weighted by molar-refractivity contribution is 5.75. The molecule has 0 bridgehead atoms. The molecule has 2 amide bonds. The number of rotatable bonds is 8. The minimum Gasteiger partial charge on any atom is -0.369 e. The average molecular weight is 347 g/mol. The number of hydrogen-bond acceptors (Lipinski definition) is 4. The van der Waals surface area contributed by atoms with Gasteiger partial charge in [0.25, 0.3) is 0 Å². The minimum absolute atomic E-state index is 0.0810. The molecule has 0 saturated heterocycles. The van der Waals surface area contributed by atoms with Gasteiger partial charge in [0, 0.05) is 6.92 Å². The summed E-state index contributed by atoms with van der Waals surface area (Å²) in [6, 6.07) is 5.72. The highest BCUT2D eigenvalue weighted by Gasteiger charge is 2.21. The van der Waals surface area contributed by atoms with Gasteiger partial charge >= 0.3 is 0 Å². The smallest absolute Gasteiger partial charge is 0.225 e. The Kier molecular flexibility index (Phi) is 6.21. The first-order chi connectivity index (χ1) is 11.9. The summed E-state index contributed by atoms with van der Waals surface area (Å²) in [5, 5.41) is 7.20. The third-order valence-corrected chi connectivity index (χ3v) is 3.59. The fourth-order valence-electron chi connectivity index (χ4n) is 2.57. The molecule has 1 heterocycles. The molecule has 0 saturated carbocycles. The summed E-state index contributed by atoms with van der Waals surface area (Å²) in [6.07, 6.45) is 1.43. The van der Waals surface area contributed by atoms with Gasteiger partial charge in [-0.15, -0.1) is 0 Å². The number of carbonyl (C=O) groups excluding carboxylic acids is 2. The monoisotopic (exact) mass is 347 g/mol. The number of nitrogens with zero attached hydrogens (tertiary/aromatic N) is 3. The third-order valence-electron chi connectivity index (χ3n) is 3.59. The van der Waals surface area contributed by atoms with Crippen LogP contribution in [0.2, 0.25) is 0 Å². The van der Waals surface area contributed by atoms with E-state index in [1.807, 2.05) is 6.92 Å². The van der Waals surface area contributed by atoms with Gasteiger partial charge < -0.3 is 11.1 Å². The number of aromatic nitrogens is 3. The molecule has 0 unspecified atom stereocenters. The molecule has 0 fully saturated rings. The summed E-state index contributed by atoms with van der Waals surface area (Å²) in [7, 11) is 0. The molecule has 1 atom stereocenters. The SMILES string of the molecule is CCC[C@@H](NC(C)=O)c1nc(CC(N)=O)nn1Cc1ccc(F)cc1. The molecule has 8 heteroatoms. The van der Waals surface area contributed by atoms with Crippen LogP contribution in [0.3, 0.4) is 0 Å². The van der Waals surface area contributed by atoms with Gasteiger partial charge in [0.15, 0.2) is 5.82 Å². The number of amides is 2. The Hall–Kier alpha value is -2.77. The van der Waals surface area contributed by atoms with Crippen LogP contribution >= 0.6 is 0 Å². The van der Waals surface area contributed by atoms with Gasteiger partial charge in [-0.2, -0.15) is 5.10 Å². The second kappa shape index (κ2) is 8.36. The predicted molar refractivity (Wildman–Crippen MR) is 89.9 cm³/mol. The minimum atomic E-state index is -0.531. The Labute approximate surface area is 145 Å². The van der Waals surface area contributed by atoms with E-state index in [0.717, 1.165) is 12.0 Å². The molecule has 25 heavy (non-hydrogen) atoms. The normalized spacial score (nSPS) is 12.0. The summed E-state index contributed by atoms with van der Waals surface area (Å²) in [4.78, 5) is 27.1. The van der Waals surface area contributed by atoms with Crippen molar-refractivity contribution < 1.29 is 14.0 Å². The summed E-state index contributed by atoms with van der Waals surface area (Å²) < 4.78 is 14.7. The summed E-state index contributed by atoms with van der Waals surface area (Å²) in [5.74, 6) is -0.170. The van der Waals surface area contributed by atoms with Gasteiger partial charge in [-0.1, -0.05) is 25.5 Å². The zero-order valence-corrected chi connectivity index (χ0v) is 14.3. The summed E-state index contributed by atoms with van der Waals surface area (Å²) in [6.45, 7) is 3.79. The molecule has 2 rings (SSSR count). The topological polar surface area (TPSA) is 103 Å². The Morgan fingerprint density at radius 2 is 2.00 bits per heavy atom. The van der Waals surface area contributed by atoms with Gasteiger partial charge in [-0.05, 0) is 24.1 Å². The van der Waals surface area contributed by atoms with E-state index in [-0.39, 0.29) is 24.2 Å². The van der Waals surface area contributed by atoms with Gasteiger partial charge in [-0.25, -0.2) is 14.1 Å². The van der Waals surface area contributed by atoms with E-state index >= 15 is 0 Å². The standard InChI is InChI=1S/C17H22FN5O2/c1-3-4-14(20-11(2)24)17-21-16(9-15(19)25)22-23(17)10-12-5-7-13(18)8-6-12/h5-8,14H,3-4,9-10H2,1-2H3,(H2,19,25)(H,20,24)/t14-/m1/s1. The molecule has 0 aliphatic rings. The van der Waals surface area contributed by atoms with Crippen LogP contribution in [0, 0.1) is 5.82 Å². The van der Waals surface area contributed by atoms with Gasteiger partial charge in [0.1, 0.15) is 11.6 Å². The molecule has 7 nitrogen and oxygen atoms in total. The van der Waals surface area contributed by atoms with Crippen molar-refractivity contribution in [3.8, 4) is 0 Å². The van der Waals surface area contributed by atoms with E-state index in [2.05, 4.69) is 15.4 Å². The van der Waals surface area contributed by atoms with Crippen molar-refractivity contribution in [3.05, 3.63) is 47.3 Å². The van der Waals surface area contributed by atoms with E-state index < -0.39 is 5.91 Å². The Balaban J connectivity index is 2.36. The zero-order valence-electron chi connectivity index (χ0n) is 14.3. The molecule has 134 valence electrons. The number of carbonyl (C=O) groups is 2. The lowest BCUT2D eigenvalue weighted by Crippen LogP contribution is -2.28. The lowest BCUT2D eigenvalue weighted by atomic mass is 10.1. The van der Waals surface area contributed by atoms with Crippen LogP contribution in [-0.4, -0.2) is 26.6 Å². The first kappa shape index (κ1) is 18.6. The molecule has 1 aromatic heterocycles. The van der Waals surface area contributed by atoms with Crippen LogP contribution in [0.4, 0.5) is 4.39 Å². The molecular formula is C17H22FN5O2. The number of primary amides is 1. The van der Waals surface area contributed by atoms with Crippen LogP contribution in [-0.2, 0) is 22.6 Å². The maximum absolute atomic E-state index is 13.1. The summed E-state index contributed by atoms with van der Waals surface area (Å²) >= 11 is 0. The fourth-order valence-corrected chi connectivity index (χ4v) is 2.57. The lowest BCUT2D eigenvalue weighted by molar-refractivity contribution is -0.120. The molecule has 3 N–H and O–H groups in total. The number of nitrogens with two attached hydrogens (primary N) is 1. The maximum atomic E-state index is 13.1. The van der Waals surface area contributed by atoms with Crippen molar-refractivity contribution in [2.75, 3.05) is 0 Å². The predicted octanol–water partition coefficient (Wildman–Crippen LogP) is 1.47. The molecule has 1 aromatic carbocycles. The van der Waals surface area contributed by atoms with Crippen molar-refractivity contribution in [1.82, 2.24) is 20.1 Å². The number of nitrogens with one attached hydrogen (secondary N) is 1. The zero-order chi connectivity index (χ0) is 18.4. The first-order valence-electron chi connectivity index (χ1n) is 8.12. The van der Waals surface area contributed by atoms with E-state index in [1.54, 1.807) is 16.8 Å². The van der Waals surface area contributed by atoms with Gasteiger partial charge in [0.2, 0.25) is 11.8 Å². The van der Waals surface area contributed by atoms with Crippen molar-refractivity contribution in [1.29, 1.82) is 0 Å². The highest BCUT2D eigenvalue weighted by atomic mass is 19.1. The van der Waals surface area contributed by atoms with Crippen molar-refractivity contribution in [2.45, 2.75) is 45.7 Å². The van der Waals surface area contributed by atoms with Gasteiger partial charge in [0.05, 0.1) is 19.0 Å². The van der Waals surface area contributed by atoms with E-state index in [4.69, 9.17) is 5.73 Å². The molecule has 0 aliphatic carbocycles. The quantitative estimate of drug-likeness (QED) is 0.755.